The van der Waals surface area contributed by atoms with Crippen LogP contribution in [-0.4, -0.2) is 35.8 Å². The number of nitrogens with one attached hydrogen (secondary N) is 2. The molecule has 0 radical (unpaired) electrons. The van der Waals surface area contributed by atoms with E-state index in [2.05, 4.69) is 27.5 Å². The molecule has 0 bridgehead atoms. The molecule has 0 saturated carbocycles. The third-order valence-electron chi connectivity index (χ3n) is 3.17. The number of ether oxygens (including phenoxy) is 1. The Bertz CT molecular complexity index is 391. The predicted octanol–water partition coefficient (Wildman–Crippen LogP) is 2.59. The number of anilines is 2. The molecule has 1 aromatic rings. The summed E-state index contributed by atoms with van der Waals surface area (Å²) in [5.41, 5.74) is 0.973. The molecule has 5 nitrogen and oxygen atoms in total. The summed E-state index contributed by atoms with van der Waals surface area (Å²) >= 11 is 0. The van der Waals surface area contributed by atoms with Crippen molar-refractivity contribution < 1.29 is 4.74 Å². The third-order valence-corrected chi connectivity index (χ3v) is 3.17. The van der Waals surface area contributed by atoms with Gasteiger partial charge in [-0.3, -0.25) is 0 Å². The second-order valence-electron chi connectivity index (χ2n) is 5.01. The number of hydrogen-bond acceptors (Lipinski definition) is 5. The van der Waals surface area contributed by atoms with Crippen LogP contribution in [0.3, 0.4) is 0 Å². The maximum absolute atomic E-state index is 5.70. The van der Waals surface area contributed by atoms with E-state index in [4.69, 9.17) is 4.74 Å². The van der Waals surface area contributed by atoms with E-state index in [-0.39, 0.29) is 0 Å². The van der Waals surface area contributed by atoms with Crippen LogP contribution in [0.4, 0.5) is 11.8 Å². The topological polar surface area (TPSA) is 59.1 Å². The Morgan fingerprint density at radius 1 is 1.32 bits per heavy atom. The molecule has 0 spiro atoms. The minimum atomic E-state index is 0.316. The first-order chi connectivity index (χ1) is 9.28. The second kappa shape index (κ2) is 7.28. The smallest absolute Gasteiger partial charge is 0.224 e. The van der Waals surface area contributed by atoms with E-state index in [9.17, 15) is 0 Å². The van der Waals surface area contributed by atoms with Crippen molar-refractivity contribution in [2.75, 3.05) is 30.3 Å². The second-order valence-corrected chi connectivity index (χ2v) is 5.01. The van der Waals surface area contributed by atoms with Crippen molar-refractivity contribution in [2.24, 2.45) is 0 Å². The van der Waals surface area contributed by atoms with E-state index < -0.39 is 0 Å². The van der Waals surface area contributed by atoms with Gasteiger partial charge in [-0.05, 0) is 32.6 Å². The monoisotopic (exact) mass is 264 g/mol. The van der Waals surface area contributed by atoms with Gasteiger partial charge in [0.1, 0.15) is 5.82 Å². The van der Waals surface area contributed by atoms with E-state index in [1.54, 1.807) is 0 Å². The lowest BCUT2D eigenvalue weighted by Crippen LogP contribution is -2.27. The van der Waals surface area contributed by atoms with Gasteiger partial charge in [-0.2, -0.15) is 4.98 Å². The molecule has 2 rings (SSSR count). The van der Waals surface area contributed by atoms with Crippen molar-refractivity contribution in [1.82, 2.24) is 9.97 Å². The molecule has 19 heavy (non-hydrogen) atoms. The van der Waals surface area contributed by atoms with Crippen LogP contribution >= 0.6 is 0 Å². The molecule has 5 heteroatoms. The normalized spacial score (nSPS) is 19.2. The highest BCUT2D eigenvalue weighted by Crippen LogP contribution is 2.14. The Kier molecular flexibility index (Phi) is 5.39. The summed E-state index contributed by atoms with van der Waals surface area (Å²) in [6, 6.07) is 1.97. The Morgan fingerprint density at radius 3 is 2.95 bits per heavy atom. The molecule has 1 unspecified atom stereocenters. The average Bonchev–Trinajstić information content (AvgIpc) is 2.43. The number of aryl methyl sites for hydroxylation is 1. The van der Waals surface area contributed by atoms with Crippen LogP contribution in [0.2, 0.25) is 0 Å². The van der Waals surface area contributed by atoms with Gasteiger partial charge in [0.2, 0.25) is 5.95 Å². The summed E-state index contributed by atoms with van der Waals surface area (Å²) < 4.78 is 5.70. The largest absolute Gasteiger partial charge is 0.376 e. The van der Waals surface area contributed by atoms with Gasteiger partial charge in [0.05, 0.1) is 6.10 Å². The van der Waals surface area contributed by atoms with Crippen molar-refractivity contribution in [1.29, 1.82) is 0 Å². The molecule has 0 aliphatic carbocycles. The van der Waals surface area contributed by atoms with Crippen LogP contribution in [-0.2, 0) is 4.74 Å². The molecular weight excluding hydrogens is 240 g/mol. The average molecular weight is 264 g/mol. The zero-order valence-electron chi connectivity index (χ0n) is 11.9. The molecule has 1 aliphatic rings. The Hall–Kier alpha value is -1.36. The van der Waals surface area contributed by atoms with Crippen molar-refractivity contribution >= 4 is 11.8 Å². The minimum absolute atomic E-state index is 0.316. The van der Waals surface area contributed by atoms with Gasteiger partial charge in [-0.25, -0.2) is 4.98 Å². The zero-order chi connectivity index (χ0) is 13.5. The van der Waals surface area contributed by atoms with E-state index >= 15 is 0 Å². The van der Waals surface area contributed by atoms with E-state index in [0.29, 0.717) is 12.1 Å². The highest BCUT2D eigenvalue weighted by atomic mass is 16.5. The van der Waals surface area contributed by atoms with Gasteiger partial charge >= 0.3 is 0 Å². The Balaban J connectivity index is 1.89. The van der Waals surface area contributed by atoms with Crippen molar-refractivity contribution in [3.63, 3.8) is 0 Å². The van der Waals surface area contributed by atoms with E-state index in [0.717, 1.165) is 44.0 Å². The van der Waals surface area contributed by atoms with Crippen LogP contribution in [0.5, 0.6) is 0 Å². The van der Waals surface area contributed by atoms with Gasteiger partial charge in [0.15, 0.2) is 0 Å². The molecular formula is C14H24N4O. The predicted molar refractivity (Wildman–Crippen MR) is 77.6 cm³/mol. The summed E-state index contributed by atoms with van der Waals surface area (Å²) in [5, 5.41) is 6.58. The molecule has 1 fully saturated rings. The van der Waals surface area contributed by atoms with Crippen LogP contribution in [0, 0.1) is 6.92 Å². The number of hydrogen-bond donors (Lipinski definition) is 2. The van der Waals surface area contributed by atoms with Gasteiger partial charge in [-0.15, -0.1) is 0 Å². The molecule has 1 aromatic heterocycles. The minimum Gasteiger partial charge on any atom is -0.376 e. The molecule has 1 aliphatic heterocycles. The summed E-state index contributed by atoms with van der Waals surface area (Å²) in [6.45, 7) is 6.72. The Labute approximate surface area is 115 Å². The fourth-order valence-corrected chi connectivity index (χ4v) is 2.16. The molecule has 2 N–H and O–H groups in total. The van der Waals surface area contributed by atoms with Gasteiger partial charge in [0.25, 0.3) is 0 Å². The highest BCUT2D eigenvalue weighted by molar-refractivity contribution is 5.42. The van der Waals surface area contributed by atoms with Crippen LogP contribution in [0.15, 0.2) is 6.07 Å². The number of aromatic nitrogens is 2. The SMILES string of the molecule is CCCNc1nc(C)cc(NCC2CCCCO2)n1. The molecule has 0 aromatic carbocycles. The molecule has 1 atom stereocenters. The van der Waals surface area contributed by atoms with Gasteiger partial charge < -0.3 is 15.4 Å². The zero-order valence-corrected chi connectivity index (χ0v) is 11.9. The van der Waals surface area contributed by atoms with Gasteiger partial charge in [-0.1, -0.05) is 6.92 Å². The first-order valence-electron chi connectivity index (χ1n) is 7.23. The summed E-state index contributed by atoms with van der Waals surface area (Å²) in [6.07, 6.45) is 4.97. The summed E-state index contributed by atoms with van der Waals surface area (Å²) in [7, 11) is 0. The van der Waals surface area contributed by atoms with Crippen molar-refractivity contribution in [3.05, 3.63) is 11.8 Å². The molecule has 0 amide bonds. The first kappa shape index (κ1) is 14.1. The number of nitrogens with zero attached hydrogens (tertiary/aromatic N) is 2. The number of rotatable bonds is 6. The lowest BCUT2D eigenvalue weighted by Gasteiger charge is -2.23. The molecule has 2 heterocycles. The molecule has 1 saturated heterocycles. The Morgan fingerprint density at radius 2 is 2.21 bits per heavy atom. The van der Waals surface area contributed by atoms with E-state index in [1.807, 2.05) is 13.0 Å². The quantitative estimate of drug-likeness (QED) is 0.827. The van der Waals surface area contributed by atoms with Crippen LogP contribution < -0.4 is 10.6 Å². The maximum Gasteiger partial charge on any atom is 0.224 e. The fourth-order valence-electron chi connectivity index (χ4n) is 2.16. The summed E-state index contributed by atoms with van der Waals surface area (Å²) in [4.78, 5) is 8.84. The van der Waals surface area contributed by atoms with Gasteiger partial charge in [0, 0.05) is 31.5 Å². The molecule has 106 valence electrons. The van der Waals surface area contributed by atoms with Crippen molar-refractivity contribution in [2.45, 2.75) is 45.6 Å². The fraction of sp³-hybridized carbons (Fsp3) is 0.714. The van der Waals surface area contributed by atoms with Crippen LogP contribution in [0.25, 0.3) is 0 Å². The van der Waals surface area contributed by atoms with E-state index in [1.165, 1.54) is 12.8 Å². The standard InChI is InChI=1S/C14H24N4O/c1-3-7-15-14-17-11(2)9-13(18-14)16-10-12-6-4-5-8-19-12/h9,12H,3-8,10H2,1-2H3,(H2,15,16,17,18). The van der Waals surface area contributed by atoms with Crippen LogP contribution in [0.1, 0.15) is 38.3 Å². The summed E-state index contributed by atoms with van der Waals surface area (Å²) in [5.74, 6) is 1.58. The lowest BCUT2D eigenvalue weighted by atomic mass is 10.1. The highest BCUT2D eigenvalue weighted by Gasteiger charge is 2.13. The third kappa shape index (κ3) is 4.67. The lowest BCUT2D eigenvalue weighted by molar-refractivity contribution is 0.0247. The maximum atomic E-state index is 5.70. The van der Waals surface area contributed by atoms with Crippen molar-refractivity contribution in [3.8, 4) is 0 Å². The first-order valence-corrected chi connectivity index (χ1v) is 7.23.